The Morgan fingerprint density at radius 2 is 1.95 bits per heavy atom. The first-order chi connectivity index (χ1) is 10.00. The third-order valence-corrected chi connectivity index (χ3v) is 4.27. The van der Waals surface area contributed by atoms with Crippen LogP contribution in [0, 0.1) is 5.92 Å². The third-order valence-electron chi connectivity index (χ3n) is 4.27. The Labute approximate surface area is 128 Å². The fourth-order valence-corrected chi connectivity index (χ4v) is 2.96. The van der Waals surface area contributed by atoms with Crippen molar-refractivity contribution in [1.82, 2.24) is 5.32 Å². The lowest BCUT2D eigenvalue weighted by molar-refractivity contribution is -0.144. The molecule has 2 rings (SSSR count). The zero-order chi connectivity index (χ0) is 15.3. The summed E-state index contributed by atoms with van der Waals surface area (Å²) in [5.41, 5.74) is 1.27. The SMILES string of the molecule is CCOC(=O)CC(C)(C)NC[C@H]1C[C@@H](c2ccccc2)C1. The van der Waals surface area contributed by atoms with Crippen molar-refractivity contribution >= 4 is 5.97 Å². The summed E-state index contributed by atoms with van der Waals surface area (Å²) in [6.45, 7) is 7.41. The summed E-state index contributed by atoms with van der Waals surface area (Å²) in [5.74, 6) is 1.31. The smallest absolute Gasteiger partial charge is 0.307 e. The molecule has 0 heterocycles. The summed E-state index contributed by atoms with van der Waals surface area (Å²) in [5, 5.41) is 3.52. The molecule has 3 nitrogen and oxygen atoms in total. The Hall–Kier alpha value is -1.35. The summed E-state index contributed by atoms with van der Waals surface area (Å²) in [7, 11) is 0. The van der Waals surface area contributed by atoms with Crippen molar-refractivity contribution < 1.29 is 9.53 Å². The molecule has 1 saturated carbocycles. The molecule has 0 aliphatic heterocycles. The highest BCUT2D eigenvalue weighted by atomic mass is 16.5. The molecule has 3 heteroatoms. The molecule has 0 amide bonds. The van der Waals surface area contributed by atoms with Gasteiger partial charge in [0.1, 0.15) is 0 Å². The maximum atomic E-state index is 11.6. The zero-order valence-corrected chi connectivity index (χ0v) is 13.4. The van der Waals surface area contributed by atoms with Crippen molar-refractivity contribution in [1.29, 1.82) is 0 Å². The van der Waals surface area contributed by atoms with Crippen LogP contribution in [-0.4, -0.2) is 24.7 Å². The molecule has 1 aliphatic rings. The van der Waals surface area contributed by atoms with Crippen LogP contribution in [-0.2, 0) is 9.53 Å². The summed E-state index contributed by atoms with van der Waals surface area (Å²) in [6, 6.07) is 10.7. The molecule has 1 aromatic carbocycles. The van der Waals surface area contributed by atoms with Gasteiger partial charge in [0.2, 0.25) is 0 Å². The van der Waals surface area contributed by atoms with E-state index in [0.29, 0.717) is 18.9 Å². The molecule has 0 unspecified atom stereocenters. The minimum absolute atomic E-state index is 0.120. The number of ether oxygens (including phenoxy) is 1. The number of rotatable bonds is 7. The molecule has 0 aromatic heterocycles. The second-order valence-electron chi connectivity index (χ2n) is 6.69. The van der Waals surface area contributed by atoms with Crippen LogP contribution >= 0.6 is 0 Å². The van der Waals surface area contributed by atoms with Crippen LogP contribution in [0.3, 0.4) is 0 Å². The minimum atomic E-state index is -0.190. The van der Waals surface area contributed by atoms with Gasteiger partial charge < -0.3 is 10.1 Å². The monoisotopic (exact) mass is 289 g/mol. The summed E-state index contributed by atoms with van der Waals surface area (Å²) >= 11 is 0. The van der Waals surface area contributed by atoms with Crippen LogP contribution in [0.25, 0.3) is 0 Å². The van der Waals surface area contributed by atoms with E-state index in [-0.39, 0.29) is 11.5 Å². The Morgan fingerprint density at radius 3 is 2.57 bits per heavy atom. The lowest BCUT2D eigenvalue weighted by atomic mass is 9.71. The summed E-state index contributed by atoms with van der Waals surface area (Å²) in [4.78, 5) is 11.6. The van der Waals surface area contributed by atoms with Gasteiger partial charge >= 0.3 is 5.97 Å². The highest BCUT2D eigenvalue weighted by Crippen LogP contribution is 2.41. The fraction of sp³-hybridized carbons (Fsp3) is 0.611. The van der Waals surface area contributed by atoms with E-state index in [9.17, 15) is 4.79 Å². The lowest BCUT2D eigenvalue weighted by Gasteiger charge is -2.38. The highest BCUT2D eigenvalue weighted by Gasteiger charge is 2.31. The summed E-state index contributed by atoms with van der Waals surface area (Å²) in [6.07, 6.45) is 2.91. The first kappa shape index (κ1) is 16.0. The van der Waals surface area contributed by atoms with Gasteiger partial charge in [-0.15, -0.1) is 0 Å². The molecule has 0 bridgehead atoms. The van der Waals surface area contributed by atoms with Crippen molar-refractivity contribution in [2.45, 2.75) is 51.5 Å². The average molecular weight is 289 g/mol. The average Bonchev–Trinajstić information content (AvgIpc) is 2.37. The molecule has 1 aromatic rings. The Kier molecular flexibility index (Phi) is 5.40. The molecule has 116 valence electrons. The standard InChI is InChI=1S/C18H27NO2/c1-4-21-17(20)12-18(2,3)19-13-14-10-16(11-14)15-8-6-5-7-9-15/h5-9,14,16,19H,4,10-13H2,1-3H3/t14-,16+. The number of nitrogens with one attached hydrogen (secondary N) is 1. The van der Waals surface area contributed by atoms with Gasteiger partial charge in [-0.1, -0.05) is 30.3 Å². The van der Waals surface area contributed by atoms with Gasteiger partial charge in [-0.05, 0) is 57.6 Å². The van der Waals surface area contributed by atoms with E-state index in [1.807, 2.05) is 6.92 Å². The van der Waals surface area contributed by atoms with Crippen molar-refractivity contribution in [3.8, 4) is 0 Å². The Balaban J connectivity index is 1.69. The van der Waals surface area contributed by atoms with E-state index in [2.05, 4.69) is 49.5 Å². The van der Waals surface area contributed by atoms with E-state index in [1.54, 1.807) is 0 Å². The number of hydrogen-bond donors (Lipinski definition) is 1. The van der Waals surface area contributed by atoms with Crippen molar-refractivity contribution in [3.05, 3.63) is 35.9 Å². The second-order valence-corrected chi connectivity index (χ2v) is 6.69. The normalized spacial score (nSPS) is 21.7. The molecule has 0 spiro atoms. The van der Waals surface area contributed by atoms with Gasteiger partial charge in [0.05, 0.1) is 13.0 Å². The molecule has 0 radical (unpaired) electrons. The van der Waals surface area contributed by atoms with Gasteiger partial charge in [0.15, 0.2) is 0 Å². The molecule has 1 aliphatic carbocycles. The van der Waals surface area contributed by atoms with Gasteiger partial charge in [-0.25, -0.2) is 0 Å². The number of esters is 1. The van der Waals surface area contributed by atoms with Crippen LogP contribution in [0.5, 0.6) is 0 Å². The second kappa shape index (κ2) is 7.08. The number of carbonyl (C=O) groups excluding carboxylic acids is 1. The van der Waals surface area contributed by atoms with E-state index < -0.39 is 0 Å². The quantitative estimate of drug-likeness (QED) is 0.781. The first-order valence-electron chi connectivity index (χ1n) is 7.96. The molecule has 0 atom stereocenters. The van der Waals surface area contributed by atoms with E-state index in [0.717, 1.165) is 12.5 Å². The molecular weight excluding hydrogens is 262 g/mol. The lowest BCUT2D eigenvalue weighted by Crippen LogP contribution is -2.45. The topological polar surface area (TPSA) is 38.3 Å². The maximum Gasteiger partial charge on any atom is 0.307 e. The molecule has 1 N–H and O–H groups in total. The van der Waals surface area contributed by atoms with Gasteiger partial charge in [0.25, 0.3) is 0 Å². The predicted octanol–water partition coefficient (Wildman–Crippen LogP) is 3.50. The largest absolute Gasteiger partial charge is 0.466 e. The molecule has 0 saturated heterocycles. The minimum Gasteiger partial charge on any atom is -0.466 e. The highest BCUT2D eigenvalue weighted by molar-refractivity contribution is 5.70. The Morgan fingerprint density at radius 1 is 1.29 bits per heavy atom. The van der Waals surface area contributed by atoms with Crippen LogP contribution < -0.4 is 5.32 Å². The third kappa shape index (κ3) is 4.85. The number of carbonyl (C=O) groups is 1. The van der Waals surface area contributed by atoms with Crippen molar-refractivity contribution in [3.63, 3.8) is 0 Å². The van der Waals surface area contributed by atoms with Crippen LogP contribution in [0.4, 0.5) is 0 Å². The van der Waals surface area contributed by atoms with E-state index in [4.69, 9.17) is 4.74 Å². The van der Waals surface area contributed by atoms with Crippen molar-refractivity contribution in [2.24, 2.45) is 5.92 Å². The van der Waals surface area contributed by atoms with Crippen LogP contribution in [0.1, 0.15) is 51.5 Å². The van der Waals surface area contributed by atoms with E-state index in [1.165, 1.54) is 18.4 Å². The Bertz CT molecular complexity index is 450. The van der Waals surface area contributed by atoms with Crippen molar-refractivity contribution in [2.75, 3.05) is 13.2 Å². The molecule has 21 heavy (non-hydrogen) atoms. The van der Waals surface area contributed by atoms with Gasteiger partial charge in [-0.2, -0.15) is 0 Å². The molecule has 1 fully saturated rings. The number of benzene rings is 1. The fourth-order valence-electron chi connectivity index (χ4n) is 2.96. The number of hydrogen-bond acceptors (Lipinski definition) is 3. The predicted molar refractivity (Wildman–Crippen MR) is 85.2 cm³/mol. The summed E-state index contributed by atoms with van der Waals surface area (Å²) < 4.78 is 5.02. The molecular formula is C18H27NO2. The first-order valence-corrected chi connectivity index (χ1v) is 7.96. The van der Waals surface area contributed by atoms with Gasteiger partial charge in [-0.3, -0.25) is 4.79 Å². The maximum absolute atomic E-state index is 11.6. The van der Waals surface area contributed by atoms with Crippen LogP contribution in [0.2, 0.25) is 0 Å². The zero-order valence-electron chi connectivity index (χ0n) is 13.4. The van der Waals surface area contributed by atoms with Crippen LogP contribution in [0.15, 0.2) is 30.3 Å². The van der Waals surface area contributed by atoms with E-state index >= 15 is 0 Å². The van der Waals surface area contributed by atoms with Gasteiger partial charge in [0, 0.05) is 5.54 Å².